The zero-order valence-corrected chi connectivity index (χ0v) is 14.8. The number of allylic oxidation sites excluding steroid dienone is 2. The van der Waals surface area contributed by atoms with Gasteiger partial charge in [-0.25, -0.2) is 0 Å². The van der Waals surface area contributed by atoms with Crippen LogP contribution in [0.25, 0.3) is 0 Å². The smallest absolute Gasteiger partial charge is 0.129 e. The number of ether oxygens (including phenoxy) is 1. The van der Waals surface area contributed by atoms with E-state index >= 15 is 0 Å². The number of hydrogen-bond acceptors (Lipinski definition) is 3. The molecule has 0 aliphatic heterocycles. The molecule has 1 rings (SSSR count). The summed E-state index contributed by atoms with van der Waals surface area (Å²) in [6.45, 7) is 7.72. The second-order valence-corrected chi connectivity index (χ2v) is 7.33. The summed E-state index contributed by atoms with van der Waals surface area (Å²) in [6.07, 6.45) is 5.09. The Bertz CT molecular complexity index is 429. The number of thiophene rings is 1. The summed E-state index contributed by atoms with van der Waals surface area (Å²) in [5, 5.41) is 4.25. The Hall–Kier alpha value is -0.330. The van der Waals surface area contributed by atoms with E-state index in [0.717, 1.165) is 15.8 Å². The second kappa shape index (κ2) is 8.07. The topological polar surface area (TPSA) is 35.2 Å². The highest BCUT2D eigenvalue weighted by Crippen LogP contribution is 2.26. The van der Waals surface area contributed by atoms with Crippen LogP contribution < -0.4 is 5.73 Å². The standard InChI is InChI=1S/C15H22INOS/c1-15(2,3)10-13(16)14(4-7-17)18-8-5-12-6-9-19-11-12/h4,6,9-11H,5,7-8,17H2,1-3H3/b13-10?,14-4+. The lowest BCUT2D eigenvalue weighted by Gasteiger charge is -2.16. The highest BCUT2D eigenvalue weighted by molar-refractivity contribution is 14.1. The van der Waals surface area contributed by atoms with Crippen molar-refractivity contribution in [2.24, 2.45) is 11.1 Å². The molecule has 0 fully saturated rings. The second-order valence-electron chi connectivity index (χ2n) is 5.39. The third kappa shape index (κ3) is 7.13. The molecule has 4 heteroatoms. The maximum atomic E-state index is 5.87. The first-order chi connectivity index (χ1) is 8.92. The molecule has 0 bridgehead atoms. The molecule has 1 aromatic heterocycles. The number of hydrogen-bond donors (Lipinski definition) is 1. The van der Waals surface area contributed by atoms with Gasteiger partial charge in [0.25, 0.3) is 0 Å². The number of halogens is 1. The van der Waals surface area contributed by atoms with Crippen molar-refractivity contribution in [1.82, 2.24) is 0 Å². The van der Waals surface area contributed by atoms with Crippen LogP contribution in [-0.4, -0.2) is 13.2 Å². The van der Waals surface area contributed by atoms with E-state index in [-0.39, 0.29) is 5.41 Å². The van der Waals surface area contributed by atoms with Crippen molar-refractivity contribution in [1.29, 1.82) is 0 Å². The zero-order chi connectivity index (χ0) is 14.3. The van der Waals surface area contributed by atoms with Gasteiger partial charge in [0.1, 0.15) is 5.76 Å². The molecule has 106 valence electrons. The van der Waals surface area contributed by atoms with Crippen LogP contribution in [0.2, 0.25) is 0 Å². The summed E-state index contributed by atoms with van der Waals surface area (Å²) in [5.41, 5.74) is 7.08. The maximum Gasteiger partial charge on any atom is 0.129 e. The van der Waals surface area contributed by atoms with Crippen LogP contribution >= 0.6 is 33.9 Å². The Kier molecular flexibility index (Phi) is 7.10. The van der Waals surface area contributed by atoms with Gasteiger partial charge in [0.2, 0.25) is 0 Å². The monoisotopic (exact) mass is 391 g/mol. The summed E-state index contributed by atoms with van der Waals surface area (Å²) in [4.78, 5) is 0. The predicted octanol–water partition coefficient (Wildman–Crippen LogP) is 4.51. The van der Waals surface area contributed by atoms with Gasteiger partial charge in [0.05, 0.1) is 10.2 Å². The van der Waals surface area contributed by atoms with Gasteiger partial charge in [0, 0.05) is 13.0 Å². The average Bonchev–Trinajstić information content (AvgIpc) is 2.78. The summed E-state index contributed by atoms with van der Waals surface area (Å²) in [7, 11) is 0. The molecule has 0 saturated carbocycles. The molecule has 0 aromatic carbocycles. The van der Waals surface area contributed by atoms with Crippen molar-refractivity contribution in [3.8, 4) is 0 Å². The van der Waals surface area contributed by atoms with E-state index in [1.54, 1.807) is 11.3 Å². The molecule has 19 heavy (non-hydrogen) atoms. The molecular formula is C15H22INOS. The van der Waals surface area contributed by atoms with Crippen LogP contribution in [0.4, 0.5) is 0 Å². The summed E-state index contributed by atoms with van der Waals surface area (Å²) in [5.74, 6) is 0.897. The minimum Gasteiger partial charge on any atom is -0.492 e. The van der Waals surface area contributed by atoms with E-state index in [9.17, 15) is 0 Å². The maximum absolute atomic E-state index is 5.87. The van der Waals surface area contributed by atoms with Crippen LogP contribution in [-0.2, 0) is 11.2 Å². The Morgan fingerprint density at radius 2 is 2.21 bits per heavy atom. The van der Waals surface area contributed by atoms with Gasteiger partial charge in [-0.15, -0.1) is 0 Å². The van der Waals surface area contributed by atoms with Crippen molar-refractivity contribution >= 4 is 33.9 Å². The third-order valence-corrected chi connectivity index (χ3v) is 3.90. The Balaban J connectivity index is 2.58. The lowest BCUT2D eigenvalue weighted by Crippen LogP contribution is -2.05. The highest BCUT2D eigenvalue weighted by atomic mass is 127. The normalized spacial score (nSPS) is 13.7. The van der Waals surface area contributed by atoms with E-state index in [4.69, 9.17) is 10.5 Å². The van der Waals surface area contributed by atoms with Gasteiger partial charge >= 0.3 is 0 Å². The fourth-order valence-corrected chi connectivity index (χ4v) is 3.51. The van der Waals surface area contributed by atoms with Crippen LogP contribution in [0.3, 0.4) is 0 Å². The van der Waals surface area contributed by atoms with Gasteiger partial charge in [0.15, 0.2) is 0 Å². The van der Waals surface area contributed by atoms with Crippen LogP contribution in [0.15, 0.2) is 38.3 Å². The molecular weight excluding hydrogens is 369 g/mol. The fraction of sp³-hybridized carbons (Fsp3) is 0.467. The van der Waals surface area contributed by atoms with Gasteiger partial charge in [-0.05, 0) is 56.5 Å². The molecule has 0 unspecified atom stereocenters. The number of nitrogens with two attached hydrogens (primary N) is 1. The van der Waals surface area contributed by atoms with Crippen molar-refractivity contribution in [2.45, 2.75) is 27.2 Å². The zero-order valence-electron chi connectivity index (χ0n) is 11.8. The molecule has 0 atom stereocenters. The molecule has 0 aliphatic carbocycles. The highest BCUT2D eigenvalue weighted by Gasteiger charge is 2.11. The molecule has 0 saturated heterocycles. The Morgan fingerprint density at radius 1 is 1.47 bits per heavy atom. The van der Waals surface area contributed by atoms with E-state index < -0.39 is 0 Å². The van der Waals surface area contributed by atoms with Gasteiger partial charge in [-0.3, -0.25) is 0 Å². The van der Waals surface area contributed by atoms with Gasteiger partial charge in [-0.2, -0.15) is 11.3 Å². The molecule has 0 spiro atoms. The molecule has 0 amide bonds. The quantitative estimate of drug-likeness (QED) is 0.440. The summed E-state index contributed by atoms with van der Waals surface area (Å²) in [6, 6.07) is 2.14. The minimum atomic E-state index is 0.140. The SMILES string of the molecule is CC(C)(C)C=C(I)/C(=C\CN)OCCc1ccsc1. The lowest BCUT2D eigenvalue weighted by atomic mass is 9.96. The molecule has 2 N–H and O–H groups in total. The fourth-order valence-electron chi connectivity index (χ4n) is 1.50. The third-order valence-electron chi connectivity index (χ3n) is 2.33. The van der Waals surface area contributed by atoms with Crippen molar-refractivity contribution in [3.63, 3.8) is 0 Å². The molecule has 0 aliphatic rings. The largest absolute Gasteiger partial charge is 0.492 e. The molecule has 2 nitrogen and oxygen atoms in total. The first-order valence-corrected chi connectivity index (χ1v) is 8.37. The lowest BCUT2D eigenvalue weighted by molar-refractivity contribution is 0.226. The molecule has 1 heterocycles. The van der Waals surface area contributed by atoms with E-state index in [2.05, 4.69) is 66.3 Å². The first-order valence-electron chi connectivity index (χ1n) is 6.35. The van der Waals surface area contributed by atoms with Crippen molar-refractivity contribution in [3.05, 3.63) is 43.9 Å². The van der Waals surface area contributed by atoms with Crippen molar-refractivity contribution in [2.75, 3.05) is 13.2 Å². The first kappa shape index (κ1) is 16.7. The van der Waals surface area contributed by atoms with Crippen LogP contribution in [0.5, 0.6) is 0 Å². The molecule has 0 radical (unpaired) electrons. The van der Waals surface area contributed by atoms with Crippen LogP contribution in [0, 0.1) is 5.41 Å². The predicted molar refractivity (Wildman–Crippen MR) is 92.7 cm³/mol. The van der Waals surface area contributed by atoms with E-state index in [1.807, 2.05) is 6.08 Å². The van der Waals surface area contributed by atoms with Crippen LogP contribution in [0.1, 0.15) is 26.3 Å². The minimum absolute atomic E-state index is 0.140. The molecule has 1 aromatic rings. The van der Waals surface area contributed by atoms with E-state index in [1.165, 1.54) is 5.56 Å². The average molecular weight is 391 g/mol. The Labute approximate surface area is 133 Å². The Morgan fingerprint density at radius 3 is 2.74 bits per heavy atom. The summed E-state index contributed by atoms with van der Waals surface area (Å²) < 4.78 is 7.00. The van der Waals surface area contributed by atoms with Crippen molar-refractivity contribution < 1.29 is 4.74 Å². The number of rotatable bonds is 6. The van der Waals surface area contributed by atoms with Gasteiger partial charge < -0.3 is 10.5 Å². The van der Waals surface area contributed by atoms with Gasteiger partial charge in [-0.1, -0.05) is 26.8 Å². The van der Waals surface area contributed by atoms with E-state index in [0.29, 0.717) is 13.2 Å². The summed E-state index contributed by atoms with van der Waals surface area (Å²) >= 11 is 4.04.